The maximum Gasteiger partial charge on any atom is 0.334 e. The Bertz CT molecular complexity index is 1180. The smallest absolute Gasteiger partial charge is 0.334 e. The molecule has 0 bridgehead atoms. The highest BCUT2D eigenvalue weighted by Gasteiger charge is 2.43. The van der Waals surface area contributed by atoms with Crippen molar-refractivity contribution < 1.29 is 9.59 Å². The van der Waals surface area contributed by atoms with Crippen LogP contribution in [0.15, 0.2) is 58.3 Å². The van der Waals surface area contributed by atoms with Gasteiger partial charge in [-0.2, -0.15) is 10.2 Å². The molecule has 2 aromatic carbocycles. The number of hydrogen-bond donors (Lipinski definition) is 1. The van der Waals surface area contributed by atoms with Gasteiger partial charge in [0.15, 0.2) is 5.78 Å². The second kappa shape index (κ2) is 8.09. The van der Waals surface area contributed by atoms with E-state index in [0.717, 1.165) is 29.9 Å². The molecule has 0 spiro atoms. The van der Waals surface area contributed by atoms with Gasteiger partial charge in [-0.05, 0) is 30.8 Å². The van der Waals surface area contributed by atoms with E-state index in [2.05, 4.69) is 15.1 Å². The average molecular weight is 446 g/mol. The molecule has 0 saturated carbocycles. The van der Waals surface area contributed by atoms with Crippen molar-refractivity contribution in [2.24, 2.45) is 16.0 Å². The van der Waals surface area contributed by atoms with Crippen molar-refractivity contribution in [2.75, 3.05) is 57.2 Å². The summed E-state index contributed by atoms with van der Waals surface area (Å²) >= 11 is 0. The molecule has 0 aromatic heterocycles. The Morgan fingerprint density at radius 1 is 1.06 bits per heavy atom. The number of primary amides is 1. The molecule has 2 heterocycles. The number of piperazine rings is 1. The number of Topliss-reactive ketones (excluding diaryl/α,β-unsaturated/α-hetero) is 1. The van der Waals surface area contributed by atoms with Gasteiger partial charge < -0.3 is 15.5 Å². The molecule has 2 aromatic rings. The summed E-state index contributed by atoms with van der Waals surface area (Å²) in [6.07, 6.45) is 0. The van der Waals surface area contributed by atoms with Crippen LogP contribution in [-0.2, 0) is 0 Å². The topological polar surface area (TPSA) is 97.8 Å². The van der Waals surface area contributed by atoms with Crippen molar-refractivity contribution >= 4 is 28.9 Å². The fraction of sp³-hybridized carbons (Fsp3) is 0.333. The highest BCUT2D eigenvalue weighted by molar-refractivity contribution is 6.22. The molecule has 1 fully saturated rings. The number of amides is 2. The normalized spacial score (nSPS) is 20.2. The van der Waals surface area contributed by atoms with Crippen LogP contribution in [0.3, 0.4) is 0 Å². The van der Waals surface area contributed by atoms with Crippen LogP contribution in [0.4, 0.5) is 16.2 Å². The van der Waals surface area contributed by atoms with Crippen LogP contribution in [0, 0.1) is 0 Å². The van der Waals surface area contributed by atoms with Crippen molar-refractivity contribution in [1.29, 1.82) is 0 Å². The number of anilines is 2. The first kappa shape index (κ1) is 21.3. The summed E-state index contributed by atoms with van der Waals surface area (Å²) in [5, 5.41) is 12.2. The minimum Gasteiger partial charge on any atom is -0.378 e. The lowest BCUT2D eigenvalue weighted by Crippen LogP contribution is -2.56. The van der Waals surface area contributed by atoms with Crippen LogP contribution in [0.1, 0.15) is 27.5 Å². The lowest BCUT2D eigenvalue weighted by molar-refractivity contribution is 0.103. The number of likely N-dealkylation sites (N-methyl/N-ethyl adjacent to an activating group) is 1. The van der Waals surface area contributed by atoms with E-state index >= 15 is 0 Å². The lowest BCUT2D eigenvalue weighted by atomic mass is 10.0. The molecule has 5 rings (SSSR count). The third-order valence-corrected chi connectivity index (χ3v) is 6.50. The van der Waals surface area contributed by atoms with E-state index in [4.69, 9.17) is 5.73 Å². The first-order valence-corrected chi connectivity index (χ1v) is 11.0. The van der Waals surface area contributed by atoms with E-state index in [1.807, 2.05) is 67.5 Å². The molecule has 1 aliphatic carbocycles. The summed E-state index contributed by atoms with van der Waals surface area (Å²) in [6.45, 7) is 2.91. The van der Waals surface area contributed by atoms with Gasteiger partial charge in [0, 0.05) is 51.5 Å². The maximum absolute atomic E-state index is 13.7. The number of nitrogens with two attached hydrogens (primary N) is 1. The van der Waals surface area contributed by atoms with Gasteiger partial charge in [-0.1, -0.05) is 24.3 Å². The van der Waals surface area contributed by atoms with Gasteiger partial charge >= 0.3 is 6.03 Å². The van der Waals surface area contributed by atoms with Crippen LogP contribution in [0.25, 0.3) is 5.70 Å². The van der Waals surface area contributed by atoms with E-state index in [1.165, 1.54) is 5.01 Å². The number of hydrogen-bond acceptors (Lipinski definition) is 7. The number of carbonyl (C=O) groups excluding carboxylic acids is 2. The number of ketones is 1. The standard InChI is InChI=1S/C24H27N7O2/c1-28(2)16-9-7-15(8-10-16)21-20-22(27-26-21)17-5-4-6-18(19(17)23(20)32)31(24(25)33)30-13-11-29(3)12-14-30/h4-10,22H,11-14H2,1-3H3,(H2,25,33). The van der Waals surface area contributed by atoms with Crippen molar-refractivity contribution in [1.82, 2.24) is 9.91 Å². The summed E-state index contributed by atoms with van der Waals surface area (Å²) in [6, 6.07) is 12.3. The first-order chi connectivity index (χ1) is 15.9. The largest absolute Gasteiger partial charge is 0.378 e. The Balaban J connectivity index is 1.56. The van der Waals surface area contributed by atoms with E-state index in [0.29, 0.717) is 35.6 Å². The second-order valence-electron chi connectivity index (χ2n) is 8.80. The van der Waals surface area contributed by atoms with Crippen molar-refractivity contribution in [3.05, 3.63) is 64.7 Å². The zero-order valence-corrected chi connectivity index (χ0v) is 19.0. The number of fused-ring (bicyclic) bond motifs is 3. The Morgan fingerprint density at radius 2 is 1.76 bits per heavy atom. The van der Waals surface area contributed by atoms with Gasteiger partial charge in [0.1, 0.15) is 11.7 Å². The minimum atomic E-state index is -0.604. The molecule has 1 saturated heterocycles. The lowest BCUT2D eigenvalue weighted by Gasteiger charge is -2.39. The molecule has 9 heteroatoms. The van der Waals surface area contributed by atoms with Crippen LogP contribution in [-0.4, -0.2) is 69.0 Å². The zero-order chi connectivity index (χ0) is 23.3. The predicted octanol–water partition coefficient (Wildman–Crippen LogP) is 2.91. The van der Waals surface area contributed by atoms with E-state index in [9.17, 15) is 9.59 Å². The van der Waals surface area contributed by atoms with Crippen LogP contribution >= 0.6 is 0 Å². The molecule has 2 aliphatic heterocycles. The number of hydrazine groups is 1. The number of azo groups is 1. The third kappa shape index (κ3) is 3.49. The number of urea groups is 1. The number of carbonyl (C=O) groups is 2. The van der Waals surface area contributed by atoms with E-state index in [1.54, 1.807) is 6.07 Å². The third-order valence-electron chi connectivity index (χ3n) is 6.50. The Kier molecular flexibility index (Phi) is 5.22. The summed E-state index contributed by atoms with van der Waals surface area (Å²) in [7, 11) is 6.00. The molecule has 2 N–H and O–H groups in total. The van der Waals surface area contributed by atoms with E-state index in [-0.39, 0.29) is 5.78 Å². The van der Waals surface area contributed by atoms with Crippen molar-refractivity contribution in [3.8, 4) is 0 Å². The molecule has 1 atom stereocenters. The summed E-state index contributed by atoms with van der Waals surface area (Å²) < 4.78 is 0. The Hall–Kier alpha value is -3.56. The molecule has 1 unspecified atom stereocenters. The van der Waals surface area contributed by atoms with Crippen LogP contribution in [0.5, 0.6) is 0 Å². The quantitative estimate of drug-likeness (QED) is 0.780. The Morgan fingerprint density at radius 3 is 2.39 bits per heavy atom. The molecule has 9 nitrogen and oxygen atoms in total. The minimum absolute atomic E-state index is 0.150. The van der Waals surface area contributed by atoms with Gasteiger partial charge in [-0.3, -0.25) is 4.79 Å². The van der Waals surface area contributed by atoms with E-state index < -0.39 is 12.1 Å². The first-order valence-electron chi connectivity index (χ1n) is 11.0. The van der Waals surface area contributed by atoms with Crippen LogP contribution < -0.4 is 15.6 Å². The molecule has 3 aliphatic rings. The van der Waals surface area contributed by atoms with Gasteiger partial charge in [-0.15, -0.1) is 0 Å². The number of benzene rings is 2. The summed E-state index contributed by atoms with van der Waals surface area (Å²) in [5.41, 5.74) is 10.6. The molecular weight excluding hydrogens is 418 g/mol. The van der Waals surface area contributed by atoms with Gasteiger partial charge in [0.2, 0.25) is 0 Å². The molecule has 170 valence electrons. The molecule has 2 amide bonds. The molecular formula is C24H27N7O2. The van der Waals surface area contributed by atoms with Gasteiger partial charge in [0.05, 0.1) is 16.8 Å². The monoisotopic (exact) mass is 445 g/mol. The SMILES string of the molecule is CN1CCN(N(C(N)=O)c2cccc3c2C(=O)C2=C(c4ccc(N(C)C)cc4)N=NC23)CC1. The number of rotatable bonds is 4. The maximum atomic E-state index is 13.7. The summed E-state index contributed by atoms with van der Waals surface area (Å²) in [4.78, 5) is 30.5. The Labute approximate surface area is 192 Å². The fourth-order valence-electron chi connectivity index (χ4n) is 4.69. The van der Waals surface area contributed by atoms with Crippen LogP contribution in [0.2, 0.25) is 0 Å². The van der Waals surface area contributed by atoms with Gasteiger partial charge in [-0.25, -0.2) is 14.8 Å². The fourth-order valence-corrected chi connectivity index (χ4v) is 4.69. The van der Waals surface area contributed by atoms with Gasteiger partial charge in [0.25, 0.3) is 0 Å². The highest BCUT2D eigenvalue weighted by atomic mass is 16.2. The average Bonchev–Trinajstić information content (AvgIpc) is 3.35. The second-order valence-corrected chi connectivity index (χ2v) is 8.80. The molecule has 33 heavy (non-hydrogen) atoms. The zero-order valence-electron chi connectivity index (χ0n) is 19.0. The summed E-state index contributed by atoms with van der Waals surface area (Å²) in [5.74, 6) is -0.150. The predicted molar refractivity (Wildman–Crippen MR) is 127 cm³/mol. The van der Waals surface area contributed by atoms with Crippen molar-refractivity contribution in [2.45, 2.75) is 6.04 Å². The highest BCUT2D eigenvalue weighted by Crippen LogP contribution is 2.49. The van der Waals surface area contributed by atoms with Crippen molar-refractivity contribution in [3.63, 3.8) is 0 Å². The number of nitrogens with zero attached hydrogens (tertiary/aromatic N) is 6. The molecule has 0 radical (unpaired) electrons.